The van der Waals surface area contributed by atoms with Crippen molar-refractivity contribution >= 4 is 5.69 Å². The summed E-state index contributed by atoms with van der Waals surface area (Å²) in [4.78, 5) is 1.76. The number of hydrogen-bond acceptors (Lipinski definition) is 2. The summed E-state index contributed by atoms with van der Waals surface area (Å²) in [6.45, 7) is 0. The molecule has 0 spiro atoms. The van der Waals surface area contributed by atoms with Crippen molar-refractivity contribution in [3.63, 3.8) is 0 Å². The molecule has 0 saturated carbocycles. The fourth-order valence-corrected chi connectivity index (χ4v) is 1.85. The molecule has 2 aromatic rings. The molecule has 0 saturated heterocycles. The van der Waals surface area contributed by atoms with Gasteiger partial charge >= 0.3 is 6.36 Å². The number of nitrogens with zero attached hydrogens (tertiary/aromatic N) is 1. The molecule has 112 valence electrons. The third-order valence-corrected chi connectivity index (χ3v) is 2.87. The summed E-state index contributed by atoms with van der Waals surface area (Å²) in [6, 6.07) is 9.77. The number of benzene rings is 2. The number of anilines is 1. The van der Waals surface area contributed by atoms with Crippen molar-refractivity contribution < 1.29 is 22.3 Å². The third kappa shape index (κ3) is 3.87. The first-order chi connectivity index (χ1) is 9.76. The van der Waals surface area contributed by atoms with Crippen LogP contribution in [0, 0.1) is 5.82 Å². The van der Waals surface area contributed by atoms with Crippen molar-refractivity contribution in [1.29, 1.82) is 0 Å². The minimum atomic E-state index is -4.74. The average Bonchev–Trinajstić information content (AvgIpc) is 2.38. The van der Waals surface area contributed by atoms with Crippen LogP contribution >= 0.6 is 0 Å². The summed E-state index contributed by atoms with van der Waals surface area (Å²) in [5, 5.41) is 0. The first kappa shape index (κ1) is 15.2. The normalized spacial score (nSPS) is 11.3. The molecule has 0 radical (unpaired) electrons. The van der Waals surface area contributed by atoms with E-state index >= 15 is 0 Å². The molecular weight excluding hydrogens is 286 g/mol. The van der Waals surface area contributed by atoms with Crippen molar-refractivity contribution in [1.82, 2.24) is 0 Å². The smallest absolute Gasteiger partial charge is 0.406 e. The number of halogens is 4. The minimum Gasteiger partial charge on any atom is -0.406 e. The van der Waals surface area contributed by atoms with Gasteiger partial charge < -0.3 is 9.64 Å². The first-order valence-electron chi connectivity index (χ1n) is 6.09. The van der Waals surface area contributed by atoms with E-state index in [-0.39, 0.29) is 5.75 Å². The Hall–Kier alpha value is -2.24. The highest BCUT2D eigenvalue weighted by Gasteiger charge is 2.30. The topological polar surface area (TPSA) is 12.5 Å². The highest BCUT2D eigenvalue weighted by Crippen LogP contribution is 2.29. The van der Waals surface area contributed by atoms with Crippen LogP contribution in [0.15, 0.2) is 42.5 Å². The fraction of sp³-hybridized carbons (Fsp3) is 0.200. The second-order valence-electron chi connectivity index (χ2n) is 4.63. The highest BCUT2D eigenvalue weighted by atomic mass is 19.4. The van der Waals surface area contributed by atoms with Gasteiger partial charge in [-0.3, -0.25) is 0 Å². The van der Waals surface area contributed by atoms with Crippen LogP contribution in [0.5, 0.6) is 5.75 Å². The van der Waals surface area contributed by atoms with Crippen LogP contribution in [0.1, 0.15) is 0 Å². The molecule has 0 aliphatic carbocycles. The van der Waals surface area contributed by atoms with Gasteiger partial charge in [0.25, 0.3) is 0 Å². The van der Waals surface area contributed by atoms with Crippen LogP contribution in [-0.2, 0) is 0 Å². The van der Waals surface area contributed by atoms with Gasteiger partial charge in [0.2, 0.25) is 0 Å². The zero-order valence-corrected chi connectivity index (χ0v) is 11.4. The lowest BCUT2D eigenvalue weighted by Gasteiger charge is -2.14. The van der Waals surface area contributed by atoms with Gasteiger partial charge in [-0.2, -0.15) is 0 Å². The summed E-state index contributed by atoms with van der Waals surface area (Å²) in [5.41, 5.74) is 1.50. The van der Waals surface area contributed by atoms with Crippen LogP contribution in [0.3, 0.4) is 0 Å². The zero-order valence-electron chi connectivity index (χ0n) is 11.4. The molecule has 21 heavy (non-hydrogen) atoms. The average molecular weight is 299 g/mol. The lowest BCUT2D eigenvalue weighted by molar-refractivity contribution is -0.274. The molecule has 0 amide bonds. The SMILES string of the molecule is CN(C)c1ccc(-c2ccc(OC(F)(F)F)cc2)c(F)c1. The van der Waals surface area contributed by atoms with E-state index in [0.29, 0.717) is 16.8 Å². The van der Waals surface area contributed by atoms with E-state index in [1.54, 1.807) is 31.1 Å². The summed E-state index contributed by atoms with van der Waals surface area (Å²) in [5.74, 6) is -0.776. The maximum Gasteiger partial charge on any atom is 0.573 e. The summed E-state index contributed by atoms with van der Waals surface area (Å²) in [6.07, 6.45) is -4.74. The van der Waals surface area contributed by atoms with Gasteiger partial charge in [-0.15, -0.1) is 13.2 Å². The quantitative estimate of drug-likeness (QED) is 0.776. The standard InChI is InChI=1S/C15H13F4NO/c1-20(2)11-5-8-13(14(16)9-11)10-3-6-12(7-4-10)21-15(17,18)19/h3-9H,1-2H3. The molecule has 0 aliphatic heterocycles. The van der Waals surface area contributed by atoms with Gasteiger partial charge in [0.1, 0.15) is 11.6 Å². The Morgan fingerprint density at radius 1 is 0.952 bits per heavy atom. The molecule has 0 fully saturated rings. The monoisotopic (exact) mass is 299 g/mol. The maximum atomic E-state index is 14.0. The molecule has 0 aliphatic rings. The molecule has 0 bridgehead atoms. The molecule has 2 nitrogen and oxygen atoms in total. The van der Waals surface area contributed by atoms with Crippen LogP contribution in [0.25, 0.3) is 11.1 Å². The van der Waals surface area contributed by atoms with Crippen LogP contribution in [0.4, 0.5) is 23.2 Å². The molecule has 0 atom stereocenters. The molecular formula is C15H13F4NO. The van der Waals surface area contributed by atoms with Gasteiger partial charge in [-0.05, 0) is 35.9 Å². The second kappa shape index (κ2) is 5.63. The largest absolute Gasteiger partial charge is 0.573 e. The molecule has 0 heterocycles. The van der Waals surface area contributed by atoms with Gasteiger partial charge in [0, 0.05) is 25.3 Å². The maximum absolute atomic E-state index is 14.0. The Bertz CT molecular complexity index is 621. The first-order valence-corrected chi connectivity index (χ1v) is 6.09. The molecule has 6 heteroatoms. The highest BCUT2D eigenvalue weighted by molar-refractivity contribution is 5.67. The lowest BCUT2D eigenvalue weighted by atomic mass is 10.0. The summed E-state index contributed by atoms with van der Waals surface area (Å²) < 4.78 is 54.0. The molecule has 2 rings (SSSR count). The fourth-order valence-electron chi connectivity index (χ4n) is 1.85. The van der Waals surface area contributed by atoms with Gasteiger partial charge in [0.15, 0.2) is 0 Å². The lowest BCUT2D eigenvalue weighted by Crippen LogP contribution is -2.16. The molecule has 0 unspecified atom stereocenters. The third-order valence-electron chi connectivity index (χ3n) is 2.87. The van der Waals surface area contributed by atoms with Gasteiger partial charge in [-0.1, -0.05) is 12.1 Å². The Balaban J connectivity index is 2.27. The number of ether oxygens (including phenoxy) is 1. The van der Waals surface area contributed by atoms with Crippen molar-refractivity contribution in [2.24, 2.45) is 0 Å². The van der Waals surface area contributed by atoms with Gasteiger partial charge in [0.05, 0.1) is 0 Å². The van der Waals surface area contributed by atoms with E-state index in [4.69, 9.17) is 0 Å². The van der Waals surface area contributed by atoms with Gasteiger partial charge in [-0.25, -0.2) is 4.39 Å². The molecule has 0 aromatic heterocycles. The number of alkyl halides is 3. The van der Waals surface area contributed by atoms with E-state index in [1.807, 2.05) is 0 Å². The van der Waals surface area contributed by atoms with E-state index in [1.165, 1.54) is 18.2 Å². The second-order valence-corrected chi connectivity index (χ2v) is 4.63. The minimum absolute atomic E-state index is 0.319. The Labute approximate surface area is 119 Å². The van der Waals surface area contributed by atoms with Crippen molar-refractivity contribution in [3.8, 4) is 16.9 Å². The molecule has 2 aromatic carbocycles. The predicted molar refractivity (Wildman–Crippen MR) is 72.8 cm³/mol. The van der Waals surface area contributed by atoms with E-state index in [9.17, 15) is 17.6 Å². The van der Waals surface area contributed by atoms with Crippen LogP contribution < -0.4 is 9.64 Å². The van der Waals surface area contributed by atoms with Crippen molar-refractivity contribution in [2.45, 2.75) is 6.36 Å². The Morgan fingerprint density at radius 3 is 2.05 bits per heavy atom. The number of hydrogen-bond donors (Lipinski definition) is 0. The zero-order chi connectivity index (χ0) is 15.6. The van der Waals surface area contributed by atoms with E-state index in [2.05, 4.69) is 4.74 Å². The summed E-state index contributed by atoms with van der Waals surface area (Å²) >= 11 is 0. The van der Waals surface area contributed by atoms with E-state index < -0.39 is 12.2 Å². The Kier molecular flexibility index (Phi) is 4.06. The van der Waals surface area contributed by atoms with Crippen molar-refractivity contribution in [2.75, 3.05) is 19.0 Å². The number of rotatable bonds is 3. The Morgan fingerprint density at radius 2 is 1.57 bits per heavy atom. The predicted octanol–water partition coefficient (Wildman–Crippen LogP) is 4.46. The summed E-state index contributed by atoms with van der Waals surface area (Å²) in [7, 11) is 3.58. The molecule has 0 N–H and O–H groups in total. The van der Waals surface area contributed by atoms with Crippen LogP contribution in [-0.4, -0.2) is 20.5 Å². The van der Waals surface area contributed by atoms with Crippen molar-refractivity contribution in [3.05, 3.63) is 48.3 Å². The van der Waals surface area contributed by atoms with E-state index in [0.717, 1.165) is 12.1 Å². The van der Waals surface area contributed by atoms with Crippen LogP contribution in [0.2, 0.25) is 0 Å².